The first-order valence-electron chi connectivity index (χ1n) is 3.31. The molecule has 0 radical (unpaired) electrons. The smallest absolute Gasteiger partial charge is 0.450 e. The van der Waals surface area contributed by atoms with Crippen molar-refractivity contribution in [1.82, 2.24) is 0 Å². The summed E-state index contributed by atoms with van der Waals surface area (Å²) < 4.78 is 9.14. The summed E-state index contributed by atoms with van der Waals surface area (Å²) in [4.78, 5) is 18.7. The van der Waals surface area contributed by atoms with Crippen molar-refractivity contribution in [2.45, 2.75) is 19.4 Å². The van der Waals surface area contributed by atoms with Crippen LogP contribution < -0.4 is 0 Å². The fourth-order valence-corrected chi connectivity index (χ4v) is 0.566. The van der Waals surface area contributed by atoms with E-state index in [4.69, 9.17) is 15.0 Å². The Kier molecular flexibility index (Phi) is 4.59. The molecule has 0 bridgehead atoms. The Morgan fingerprint density at radius 2 is 2.17 bits per heavy atom. The van der Waals surface area contributed by atoms with Crippen molar-refractivity contribution in [2.24, 2.45) is 0 Å². The van der Waals surface area contributed by atoms with Crippen LogP contribution in [-0.2, 0) is 9.47 Å². The van der Waals surface area contributed by atoms with Crippen LogP contribution in [0.4, 0.5) is 9.59 Å². The third-order valence-electron chi connectivity index (χ3n) is 1.11. The predicted molar refractivity (Wildman–Crippen MR) is 37.2 cm³/mol. The molecule has 1 aliphatic heterocycles. The van der Waals surface area contributed by atoms with E-state index in [-0.39, 0.29) is 6.10 Å². The average molecular weight is 178 g/mol. The zero-order chi connectivity index (χ0) is 9.56. The van der Waals surface area contributed by atoms with E-state index < -0.39 is 12.3 Å². The Morgan fingerprint density at radius 1 is 1.67 bits per heavy atom. The zero-order valence-corrected chi connectivity index (χ0v) is 6.52. The highest BCUT2D eigenvalue weighted by Crippen LogP contribution is 2.07. The lowest BCUT2D eigenvalue weighted by molar-refractivity contribution is 0.117. The third-order valence-corrected chi connectivity index (χ3v) is 1.11. The van der Waals surface area contributed by atoms with Crippen LogP contribution in [0, 0.1) is 0 Å². The van der Waals surface area contributed by atoms with Gasteiger partial charge in [0.15, 0.2) is 0 Å². The van der Waals surface area contributed by atoms with Crippen molar-refractivity contribution in [1.29, 1.82) is 0 Å². The largest absolute Gasteiger partial charge is 0.508 e. The number of carbonyl (C=O) groups excluding carboxylic acids is 1. The monoisotopic (exact) mass is 178 g/mol. The van der Waals surface area contributed by atoms with Gasteiger partial charge in [0.2, 0.25) is 0 Å². The fraction of sp³-hybridized carbons (Fsp3) is 0.667. The number of carboxylic acid groups (broad SMARTS) is 2. The Bertz CT molecular complexity index is 161. The van der Waals surface area contributed by atoms with Crippen molar-refractivity contribution < 1.29 is 29.3 Å². The molecular formula is C6H10O6. The van der Waals surface area contributed by atoms with Crippen molar-refractivity contribution in [3.05, 3.63) is 0 Å². The van der Waals surface area contributed by atoms with Gasteiger partial charge in [-0.2, -0.15) is 0 Å². The predicted octanol–water partition coefficient (Wildman–Crippen LogP) is 1.15. The second-order valence-electron chi connectivity index (χ2n) is 1.99. The summed E-state index contributed by atoms with van der Waals surface area (Å²) in [5.74, 6) is 0. The van der Waals surface area contributed by atoms with Crippen LogP contribution in [0.2, 0.25) is 0 Å². The van der Waals surface area contributed by atoms with Gasteiger partial charge in [-0.1, -0.05) is 6.92 Å². The van der Waals surface area contributed by atoms with E-state index in [2.05, 4.69) is 9.47 Å². The molecule has 1 atom stereocenters. The van der Waals surface area contributed by atoms with Crippen molar-refractivity contribution >= 4 is 12.3 Å². The van der Waals surface area contributed by atoms with Gasteiger partial charge in [-0.3, -0.25) is 0 Å². The minimum atomic E-state index is -1.83. The summed E-state index contributed by atoms with van der Waals surface area (Å²) in [6, 6.07) is 0. The van der Waals surface area contributed by atoms with Gasteiger partial charge in [-0.25, -0.2) is 9.59 Å². The molecular weight excluding hydrogens is 168 g/mol. The summed E-state index contributed by atoms with van der Waals surface area (Å²) in [5.41, 5.74) is 0. The van der Waals surface area contributed by atoms with E-state index in [1.807, 2.05) is 6.92 Å². The number of cyclic esters (lactones) is 2. The van der Waals surface area contributed by atoms with Crippen molar-refractivity contribution in [3.8, 4) is 0 Å². The molecule has 0 amide bonds. The quantitative estimate of drug-likeness (QED) is 0.585. The maximum Gasteiger partial charge on any atom is 0.508 e. The van der Waals surface area contributed by atoms with Crippen LogP contribution in [-0.4, -0.2) is 35.2 Å². The molecule has 0 aromatic heterocycles. The molecule has 0 aromatic rings. The second-order valence-corrected chi connectivity index (χ2v) is 1.99. The molecule has 1 aliphatic rings. The number of ether oxygens (including phenoxy) is 2. The minimum absolute atomic E-state index is 0.00231. The molecule has 70 valence electrons. The lowest BCUT2D eigenvalue weighted by atomic mass is 10.3. The van der Waals surface area contributed by atoms with Gasteiger partial charge >= 0.3 is 12.3 Å². The lowest BCUT2D eigenvalue weighted by Crippen LogP contribution is -2.06. The molecule has 1 saturated heterocycles. The molecule has 1 fully saturated rings. The molecule has 0 aromatic carbocycles. The molecule has 2 N–H and O–H groups in total. The number of carbonyl (C=O) groups is 2. The topological polar surface area (TPSA) is 93.1 Å². The number of hydrogen-bond acceptors (Lipinski definition) is 4. The molecule has 0 spiro atoms. The maximum absolute atomic E-state index is 10.2. The molecule has 12 heavy (non-hydrogen) atoms. The summed E-state index contributed by atoms with van der Waals surface area (Å²) in [6.07, 6.45) is -1.52. The van der Waals surface area contributed by atoms with Gasteiger partial charge in [0.1, 0.15) is 12.7 Å². The molecule has 6 nitrogen and oxygen atoms in total. The van der Waals surface area contributed by atoms with Gasteiger partial charge in [0.05, 0.1) is 0 Å². The van der Waals surface area contributed by atoms with E-state index in [0.717, 1.165) is 6.42 Å². The minimum Gasteiger partial charge on any atom is -0.450 e. The highest BCUT2D eigenvalue weighted by molar-refractivity contribution is 5.61. The Balaban J connectivity index is 0.000000261. The van der Waals surface area contributed by atoms with Gasteiger partial charge < -0.3 is 19.7 Å². The summed E-state index contributed by atoms with van der Waals surface area (Å²) in [6.45, 7) is 2.38. The number of hydrogen-bond donors (Lipinski definition) is 2. The van der Waals surface area contributed by atoms with Crippen LogP contribution >= 0.6 is 0 Å². The molecule has 0 aliphatic carbocycles. The van der Waals surface area contributed by atoms with Crippen LogP contribution in [0.3, 0.4) is 0 Å². The highest BCUT2D eigenvalue weighted by atomic mass is 16.8. The van der Waals surface area contributed by atoms with Gasteiger partial charge in [0, 0.05) is 0 Å². The summed E-state index contributed by atoms with van der Waals surface area (Å²) in [5, 5.41) is 13.9. The molecule has 1 heterocycles. The van der Waals surface area contributed by atoms with Crippen molar-refractivity contribution in [2.75, 3.05) is 6.61 Å². The highest BCUT2D eigenvalue weighted by Gasteiger charge is 2.22. The Labute approximate surface area is 68.7 Å². The van der Waals surface area contributed by atoms with Gasteiger partial charge in [0.25, 0.3) is 0 Å². The van der Waals surface area contributed by atoms with Crippen molar-refractivity contribution in [3.63, 3.8) is 0 Å². The van der Waals surface area contributed by atoms with Crippen LogP contribution in [0.15, 0.2) is 0 Å². The molecule has 1 unspecified atom stereocenters. The van der Waals surface area contributed by atoms with E-state index in [0.29, 0.717) is 6.61 Å². The average Bonchev–Trinajstić information content (AvgIpc) is 2.34. The Hall–Kier alpha value is -1.46. The molecule has 6 heteroatoms. The van der Waals surface area contributed by atoms with E-state index in [1.54, 1.807) is 0 Å². The lowest BCUT2D eigenvalue weighted by Gasteiger charge is -1.97. The first-order chi connectivity index (χ1) is 5.56. The second kappa shape index (κ2) is 5.22. The third kappa shape index (κ3) is 5.33. The summed E-state index contributed by atoms with van der Waals surface area (Å²) in [7, 11) is 0. The normalized spacial score (nSPS) is 20.1. The fourth-order valence-electron chi connectivity index (χ4n) is 0.566. The van der Waals surface area contributed by atoms with Crippen LogP contribution in [0.1, 0.15) is 13.3 Å². The van der Waals surface area contributed by atoms with E-state index >= 15 is 0 Å². The number of rotatable bonds is 1. The van der Waals surface area contributed by atoms with E-state index in [1.165, 1.54) is 0 Å². The molecule has 0 saturated carbocycles. The van der Waals surface area contributed by atoms with Gasteiger partial charge in [-0.15, -0.1) is 0 Å². The van der Waals surface area contributed by atoms with Crippen LogP contribution in [0.25, 0.3) is 0 Å². The standard InChI is InChI=1S/C5H8O3.CH2O3/c1-2-4-3-7-5(6)8-4;2-1(3)4/h4H,2-3H2,1H3;(H2,2,3,4). The Morgan fingerprint density at radius 3 is 2.33 bits per heavy atom. The molecule has 1 rings (SSSR count). The van der Waals surface area contributed by atoms with Crippen LogP contribution in [0.5, 0.6) is 0 Å². The maximum atomic E-state index is 10.2. The SMILES string of the molecule is CCC1COC(=O)O1.O=C(O)O. The summed E-state index contributed by atoms with van der Waals surface area (Å²) >= 11 is 0. The zero-order valence-electron chi connectivity index (χ0n) is 6.52. The first-order valence-corrected chi connectivity index (χ1v) is 3.31. The van der Waals surface area contributed by atoms with E-state index in [9.17, 15) is 4.79 Å². The first kappa shape index (κ1) is 10.5. The van der Waals surface area contributed by atoms with Gasteiger partial charge in [-0.05, 0) is 6.42 Å².